The number of hydrogen-bond acceptors (Lipinski definition) is 20. The summed E-state index contributed by atoms with van der Waals surface area (Å²) in [6.07, 6.45) is 9.38. The Hall–Kier alpha value is -8.54. The largest absolute Gasteiger partial charge is 0.497 e. The van der Waals surface area contributed by atoms with Crippen LogP contribution in [0.3, 0.4) is 0 Å². The molecule has 8 aromatic rings. The number of nitro benzene ring substituents is 1. The Morgan fingerprint density at radius 1 is 0.623 bits per heavy atom. The summed E-state index contributed by atoms with van der Waals surface area (Å²) in [6.45, 7) is 5.09. The molecule has 0 atom stereocenters. The Kier molecular flexibility index (Phi) is 18.8. The first kappa shape index (κ1) is 56.2. The number of anilines is 7. The summed E-state index contributed by atoms with van der Waals surface area (Å²) in [7, 11) is 22.2. The van der Waals surface area contributed by atoms with Gasteiger partial charge in [0.05, 0.1) is 56.1 Å². The van der Waals surface area contributed by atoms with Crippen LogP contribution < -0.4 is 45.1 Å². The number of nitrogens with one attached hydrogen (secondary N) is 2. The molecule has 0 saturated carbocycles. The van der Waals surface area contributed by atoms with Gasteiger partial charge in [-0.3, -0.25) is 10.1 Å². The number of nitrogens with zero attached hydrogens (tertiary/aromatic N) is 13. The van der Waals surface area contributed by atoms with Crippen molar-refractivity contribution in [3.8, 4) is 45.8 Å². The van der Waals surface area contributed by atoms with Crippen molar-refractivity contribution in [2.45, 2.75) is 12.8 Å². The lowest BCUT2D eigenvalue weighted by Gasteiger charge is -2.24. The molecule has 408 valence electrons. The average Bonchev–Trinajstić information content (AvgIpc) is 4.21. The third-order valence-corrected chi connectivity index (χ3v) is 12.8. The lowest BCUT2D eigenvalue weighted by Crippen LogP contribution is -2.29. The molecular weight excluding hydrogens is 985 g/mol. The van der Waals surface area contributed by atoms with Gasteiger partial charge < -0.3 is 68.8 Å². The lowest BCUT2D eigenvalue weighted by molar-refractivity contribution is -0.384. The van der Waals surface area contributed by atoms with E-state index in [1.54, 1.807) is 27.4 Å². The van der Waals surface area contributed by atoms with E-state index in [1.165, 1.54) is 38.7 Å². The van der Waals surface area contributed by atoms with Gasteiger partial charge in [0.1, 0.15) is 41.3 Å². The maximum atomic E-state index is 11.9. The van der Waals surface area contributed by atoms with Crippen molar-refractivity contribution in [1.29, 1.82) is 0 Å². The first-order valence-corrected chi connectivity index (χ1v) is 24.8. The van der Waals surface area contributed by atoms with Gasteiger partial charge >= 0.3 is 0 Å². The quantitative estimate of drug-likeness (QED) is 0.0397. The van der Waals surface area contributed by atoms with E-state index in [4.69, 9.17) is 29.4 Å². The summed E-state index contributed by atoms with van der Waals surface area (Å²) >= 11 is 0. The van der Waals surface area contributed by atoms with Crippen molar-refractivity contribution < 1.29 is 28.6 Å². The molecule has 0 aliphatic carbocycles. The Morgan fingerprint density at radius 2 is 1.08 bits per heavy atom. The topological polar surface area (TPSA) is 240 Å². The number of nitrogens with two attached hydrogens (primary N) is 1. The van der Waals surface area contributed by atoms with Crippen molar-refractivity contribution in [3.05, 3.63) is 95.8 Å². The number of aryl methyl sites for hydroxylation is 2. The van der Waals surface area contributed by atoms with E-state index >= 15 is 0 Å². The fourth-order valence-electron chi connectivity index (χ4n) is 8.48. The van der Waals surface area contributed by atoms with Gasteiger partial charge in [0.2, 0.25) is 11.9 Å². The highest BCUT2D eigenvalue weighted by atomic mass is 16.6. The van der Waals surface area contributed by atoms with Gasteiger partial charge in [0, 0.05) is 131 Å². The van der Waals surface area contributed by atoms with Crippen LogP contribution in [-0.4, -0.2) is 164 Å². The number of ether oxygens (including phenoxy) is 5. The minimum atomic E-state index is -0.408. The van der Waals surface area contributed by atoms with Crippen LogP contribution in [-0.2, 0) is 18.8 Å². The van der Waals surface area contributed by atoms with Gasteiger partial charge in [-0.2, -0.15) is 9.97 Å². The second-order valence-electron chi connectivity index (χ2n) is 18.8. The van der Waals surface area contributed by atoms with Crippen molar-refractivity contribution in [2.75, 3.05) is 136 Å². The van der Waals surface area contributed by atoms with Crippen molar-refractivity contribution in [2.24, 2.45) is 14.1 Å². The monoisotopic (exact) mass is 1050 g/mol. The van der Waals surface area contributed by atoms with Crippen molar-refractivity contribution >= 4 is 67.8 Å². The van der Waals surface area contributed by atoms with Crippen molar-refractivity contribution in [3.63, 3.8) is 0 Å². The molecule has 23 heteroatoms. The van der Waals surface area contributed by atoms with E-state index in [0.29, 0.717) is 58.4 Å². The zero-order chi connectivity index (χ0) is 55.3. The normalized spacial score (nSPS) is 12.0. The molecule has 4 N–H and O–H groups in total. The minimum absolute atomic E-state index is 0.0556. The number of methoxy groups -OCH3 is 4. The zero-order valence-electron chi connectivity index (χ0n) is 46.0. The number of nitro groups is 1. The van der Waals surface area contributed by atoms with Gasteiger partial charge in [-0.1, -0.05) is 0 Å². The second kappa shape index (κ2) is 25.8. The highest BCUT2D eigenvalue weighted by molar-refractivity contribution is 5.96. The summed E-state index contributed by atoms with van der Waals surface area (Å²) in [5, 5.41) is 20.2. The molecule has 1 aliphatic heterocycles. The fraction of sp³-hybridized carbons (Fsp3) is 0.370. The third-order valence-electron chi connectivity index (χ3n) is 12.8. The Morgan fingerprint density at radius 3 is 1.49 bits per heavy atom. The molecule has 77 heavy (non-hydrogen) atoms. The van der Waals surface area contributed by atoms with E-state index in [1.807, 2.05) is 136 Å². The highest BCUT2D eigenvalue weighted by Gasteiger charge is 2.23. The smallest absolute Gasteiger partial charge is 0.294 e. The number of benzene rings is 4. The molecule has 0 bridgehead atoms. The Balaban J connectivity index is 0.000000205. The lowest BCUT2D eigenvalue weighted by atomic mass is 10.1. The zero-order valence-corrected chi connectivity index (χ0v) is 46.0. The summed E-state index contributed by atoms with van der Waals surface area (Å²) in [4.78, 5) is 46.2. The molecule has 0 radical (unpaired) electrons. The van der Waals surface area contributed by atoms with E-state index in [-0.39, 0.29) is 11.6 Å². The SMILES string of the molecule is C1CCOC1.COc1ccc2c(c1)c(-c1ncnc(Nc3cc(N)c(N(C)CCN(C)C)cc3OC)n1)cn2C.COc1ccc2c(c1)c(-c1ncnc(Nc3cc([N+](=O)[O-])c(N(C)CCN(C)C)cc3OC)n1)cn2C. The second-order valence-corrected chi connectivity index (χ2v) is 18.8. The molecule has 1 fully saturated rings. The van der Waals surface area contributed by atoms with Gasteiger partial charge in [-0.15, -0.1) is 0 Å². The number of fused-ring (bicyclic) bond motifs is 2. The van der Waals surface area contributed by atoms with E-state index < -0.39 is 4.92 Å². The molecule has 4 aromatic heterocycles. The molecule has 4 aromatic carbocycles. The van der Waals surface area contributed by atoms with Gasteiger partial charge in [0.25, 0.3) is 5.69 Å². The first-order chi connectivity index (χ1) is 37.0. The van der Waals surface area contributed by atoms with Gasteiger partial charge in [0.15, 0.2) is 11.6 Å². The highest BCUT2D eigenvalue weighted by Crippen LogP contribution is 2.40. The van der Waals surface area contributed by atoms with Gasteiger partial charge in [-0.05, 0) is 83.5 Å². The predicted molar refractivity (Wildman–Crippen MR) is 304 cm³/mol. The van der Waals surface area contributed by atoms with E-state index in [2.05, 4.69) is 50.3 Å². The van der Waals surface area contributed by atoms with Crippen LogP contribution in [0, 0.1) is 10.1 Å². The van der Waals surface area contributed by atoms with Crippen molar-refractivity contribution in [1.82, 2.24) is 48.8 Å². The molecule has 0 amide bonds. The number of rotatable bonds is 19. The van der Waals surface area contributed by atoms with E-state index in [0.717, 1.165) is 83.0 Å². The molecular formula is C54H70N16O7. The standard InChI is InChI=1S/C25H30N8O4.C25H32N8O2.C4H8O/c1-30(2)9-10-31(3)21-13-23(37-6)19(12-22(21)33(34)35)28-25-27-15-26-24(29-25)18-14-32(4)20-8-7-16(36-5)11-17(18)20;1-31(2)9-10-32(3)22-13-23(35-6)20(12-19(22)26)29-25-28-15-27-24(30-25)18-14-33(4)21-8-7-16(34-5)11-17(18)21;1-2-4-5-3-1/h7-8,11-15H,9-10H2,1-6H3,(H,26,27,28,29);7-8,11-15H,9-10,26H2,1-6H3,(H,27,28,29,30);1-4H2. The molecule has 1 saturated heterocycles. The first-order valence-electron chi connectivity index (χ1n) is 24.8. The summed E-state index contributed by atoms with van der Waals surface area (Å²) in [6, 6.07) is 18.6. The molecule has 1 aliphatic rings. The summed E-state index contributed by atoms with van der Waals surface area (Å²) < 4.78 is 31.0. The van der Waals surface area contributed by atoms with Crippen LogP contribution in [0.4, 0.5) is 46.0 Å². The Bertz CT molecular complexity index is 3280. The number of likely N-dealkylation sites (N-methyl/N-ethyl adjacent to an activating group) is 4. The summed E-state index contributed by atoms with van der Waals surface area (Å²) in [5.41, 5.74) is 13.1. The molecule has 0 unspecified atom stereocenters. The van der Waals surface area contributed by atoms with Crippen LogP contribution >= 0.6 is 0 Å². The maximum absolute atomic E-state index is 11.9. The van der Waals surface area contributed by atoms with Crippen LogP contribution in [0.5, 0.6) is 23.0 Å². The number of nitrogen functional groups attached to an aromatic ring is 1. The number of aromatic nitrogens is 8. The number of hydrogen-bond donors (Lipinski definition) is 3. The van der Waals surface area contributed by atoms with Crippen LogP contribution in [0.15, 0.2) is 85.7 Å². The molecule has 5 heterocycles. The maximum Gasteiger partial charge on any atom is 0.294 e. The van der Waals surface area contributed by atoms with Crippen LogP contribution in [0.2, 0.25) is 0 Å². The van der Waals surface area contributed by atoms with Gasteiger partial charge in [-0.25, -0.2) is 19.9 Å². The predicted octanol–water partition coefficient (Wildman–Crippen LogP) is 7.87. The minimum Gasteiger partial charge on any atom is -0.497 e. The summed E-state index contributed by atoms with van der Waals surface area (Å²) in [5.74, 6) is 4.18. The fourth-order valence-corrected chi connectivity index (χ4v) is 8.48. The molecule has 0 spiro atoms. The molecule has 23 nitrogen and oxygen atoms in total. The third kappa shape index (κ3) is 13.9. The Labute approximate surface area is 448 Å². The average molecular weight is 1060 g/mol. The molecule has 9 rings (SSSR count). The van der Waals surface area contributed by atoms with Crippen LogP contribution in [0.25, 0.3) is 44.6 Å². The van der Waals surface area contributed by atoms with E-state index in [9.17, 15) is 10.1 Å². The van der Waals surface area contributed by atoms with Crippen LogP contribution in [0.1, 0.15) is 12.8 Å².